The second-order valence-corrected chi connectivity index (χ2v) is 5.26. The summed E-state index contributed by atoms with van der Waals surface area (Å²) < 4.78 is 0. The molecule has 0 heterocycles. The molecule has 0 aliphatic heterocycles. The van der Waals surface area contributed by atoms with Crippen molar-refractivity contribution in [2.75, 3.05) is 0 Å². The Balaban J connectivity index is 2.05. The van der Waals surface area contributed by atoms with Crippen LogP contribution in [-0.4, -0.2) is 16.2 Å². The second kappa shape index (κ2) is 4.90. The summed E-state index contributed by atoms with van der Waals surface area (Å²) in [6.45, 7) is 0. The summed E-state index contributed by atoms with van der Waals surface area (Å²) in [7, 11) is 0. The summed E-state index contributed by atoms with van der Waals surface area (Å²) in [5.41, 5.74) is 0.912. The molecule has 1 aromatic rings. The molecule has 1 unspecified atom stereocenters. The molecule has 0 radical (unpaired) electrons. The number of rotatable bonds is 2. The normalized spacial score (nSPS) is 23.5. The van der Waals surface area contributed by atoms with Crippen molar-refractivity contribution in [3.8, 4) is 0 Å². The predicted molar refractivity (Wildman–Crippen MR) is 64.2 cm³/mol. The lowest BCUT2D eigenvalue weighted by atomic mass is 10.3. The molecular formula is C11H12ClNOS. The number of hydrogen-bond acceptors (Lipinski definition) is 3. The maximum absolute atomic E-state index is 8.81. The zero-order valence-electron chi connectivity index (χ0n) is 8.19. The van der Waals surface area contributed by atoms with Crippen LogP contribution in [0.2, 0.25) is 5.02 Å². The van der Waals surface area contributed by atoms with Crippen LogP contribution in [0.25, 0.3) is 0 Å². The fourth-order valence-electron chi connectivity index (χ4n) is 1.71. The molecular weight excluding hydrogens is 230 g/mol. The smallest absolute Gasteiger partial charge is 0.0704 e. The molecule has 1 aromatic carbocycles. The summed E-state index contributed by atoms with van der Waals surface area (Å²) in [6, 6.07) is 7.77. The molecule has 0 saturated heterocycles. The molecule has 0 bridgehead atoms. The number of benzene rings is 1. The fraction of sp³-hybridized carbons (Fsp3) is 0.364. The van der Waals surface area contributed by atoms with E-state index in [0.29, 0.717) is 5.25 Å². The van der Waals surface area contributed by atoms with Crippen LogP contribution in [0, 0.1) is 0 Å². The highest BCUT2D eigenvalue weighted by atomic mass is 35.5. The van der Waals surface area contributed by atoms with E-state index in [9.17, 15) is 0 Å². The zero-order valence-corrected chi connectivity index (χ0v) is 9.76. The maximum atomic E-state index is 8.81. The zero-order chi connectivity index (χ0) is 10.7. The molecule has 0 aromatic heterocycles. The Labute approximate surface area is 98.3 Å². The molecule has 15 heavy (non-hydrogen) atoms. The van der Waals surface area contributed by atoms with E-state index in [0.717, 1.165) is 30.0 Å². The highest BCUT2D eigenvalue weighted by Crippen LogP contribution is 2.33. The van der Waals surface area contributed by atoms with Gasteiger partial charge in [0.1, 0.15) is 0 Å². The largest absolute Gasteiger partial charge is 0.411 e. The molecule has 2 rings (SSSR count). The van der Waals surface area contributed by atoms with Gasteiger partial charge in [-0.05, 0) is 43.5 Å². The number of thioether (sulfide) groups is 1. The number of hydrogen-bond donors (Lipinski definition) is 1. The first-order chi connectivity index (χ1) is 7.29. The first kappa shape index (κ1) is 10.8. The number of oxime groups is 1. The van der Waals surface area contributed by atoms with Crippen LogP contribution in [0.3, 0.4) is 0 Å². The molecule has 4 heteroatoms. The van der Waals surface area contributed by atoms with Gasteiger partial charge >= 0.3 is 0 Å². The average Bonchev–Trinajstić information content (AvgIpc) is 2.69. The average molecular weight is 242 g/mol. The minimum absolute atomic E-state index is 0.330. The summed E-state index contributed by atoms with van der Waals surface area (Å²) in [5.74, 6) is 0. The SMILES string of the molecule is ON=C1CCCC1Sc1ccc(Cl)cc1. The van der Waals surface area contributed by atoms with Gasteiger partial charge in [-0.2, -0.15) is 0 Å². The molecule has 1 N–H and O–H groups in total. The third kappa shape index (κ3) is 2.67. The minimum atomic E-state index is 0.330. The molecule has 1 aliphatic rings. The first-order valence-electron chi connectivity index (χ1n) is 4.92. The summed E-state index contributed by atoms with van der Waals surface area (Å²) >= 11 is 7.55. The van der Waals surface area contributed by atoms with Gasteiger partial charge in [-0.1, -0.05) is 16.8 Å². The Morgan fingerprint density at radius 2 is 2.07 bits per heavy atom. The molecule has 1 atom stereocenters. The molecule has 1 aliphatic carbocycles. The van der Waals surface area contributed by atoms with Crippen LogP contribution >= 0.6 is 23.4 Å². The number of halogens is 1. The van der Waals surface area contributed by atoms with Crippen LogP contribution in [0.1, 0.15) is 19.3 Å². The highest BCUT2D eigenvalue weighted by Gasteiger charge is 2.23. The van der Waals surface area contributed by atoms with E-state index >= 15 is 0 Å². The van der Waals surface area contributed by atoms with Crippen LogP contribution in [0.5, 0.6) is 0 Å². The molecule has 80 valence electrons. The lowest BCUT2D eigenvalue weighted by Gasteiger charge is -2.09. The van der Waals surface area contributed by atoms with Gasteiger partial charge in [-0.15, -0.1) is 11.8 Å². The van der Waals surface area contributed by atoms with Crippen molar-refractivity contribution in [2.24, 2.45) is 5.16 Å². The fourth-order valence-corrected chi connectivity index (χ4v) is 3.05. The molecule has 1 fully saturated rings. The Morgan fingerprint density at radius 3 is 2.73 bits per heavy atom. The Kier molecular flexibility index (Phi) is 3.54. The summed E-state index contributed by atoms with van der Waals surface area (Å²) in [5, 5.41) is 13.2. The van der Waals surface area contributed by atoms with Crippen molar-refractivity contribution < 1.29 is 5.21 Å². The van der Waals surface area contributed by atoms with E-state index < -0.39 is 0 Å². The third-order valence-electron chi connectivity index (χ3n) is 2.49. The maximum Gasteiger partial charge on any atom is 0.0704 e. The molecule has 1 saturated carbocycles. The van der Waals surface area contributed by atoms with Crippen molar-refractivity contribution in [2.45, 2.75) is 29.4 Å². The highest BCUT2D eigenvalue weighted by molar-refractivity contribution is 8.00. The summed E-state index contributed by atoms with van der Waals surface area (Å²) in [4.78, 5) is 1.17. The van der Waals surface area contributed by atoms with Crippen molar-refractivity contribution in [3.05, 3.63) is 29.3 Å². The van der Waals surface area contributed by atoms with Gasteiger partial charge in [0.05, 0.1) is 11.0 Å². The van der Waals surface area contributed by atoms with Gasteiger partial charge in [-0.3, -0.25) is 0 Å². The van der Waals surface area contributed by atoms with Crippen LogP contribution in [-0.2, 0) is 0 Å². The third-order valence-corrected chi connectivity index (χ3v) is 4.08. The van der Waals surface area contributed by atoms with Gasteiger partial charge in [0.15, 0.2) is 0 Å². The molecule has 2 nitrogen and oxygen atoms in total. The first-order valence-corrected chi connectivity index (χ1v) is 6.18. The van der Waals surface area contributed by atoms with Crippen molar-refractivity contribution >= 4 is 29.1 Å². The Hall–Kier alpha value is -0.670. The van der Waals surface area contributed by atoms with E-state index in [1.54, 1.807) is 11.8 Å². The van der Waals surface area contributed by atoms with Gasteiger partial charge < -0.3 is 5.21 Å². The van der Waals surface area contributed by atoms with E-state index in [1.807, 2.05) is 24.3 Å². The van der Waals surface area contributed by atoms with E-state index in [4.69, 9.17) is 16.8 Å². The van der Waals surface area contributed by atoms with E-state index in [-0.39, 0.29) is 0 Å². The van der Waals surface area contributed by atoms with Gasteiger partial charge in [0.25, 0.3) is 0 Å². The molecule has 0 amide bonds. The van der Waals surface area contributed by atoms with Gasteiger partial charge in [-0.25, -0.2) is 0 Å². The minimum Gasteiger partial charge on any atom is -0.411 e. The van der Waals surface area contributed by atoms with Crippen molar-refractivity contribution in [1.29, 1.82) is 0 Å². The second-order valence-electron chi connectivity index (χ2n) is 3.54. The van der Waals surface area contributed by atoms with E-state index in [2.05, 4.69) is 5.16 Å². The monoisotopic (exact) mass is 241 g/mol. The Bertz CT molecular complexity index is 363. The van der Waals surface area contributed by atoms with E-state index in [1.165, 1.54) is 4.90 Å². The van der Waals surface area contributed by atoms with Crippen LogP contribution < -0.4 is 0 Å². The van der Waals surface area contributed by atoms with Crippen molar-refractivity contribution in [3.63, 3.8) is 0 Å². The molecule has 0 spiro atoms. The van der Waals surface area contributed by atoms with Crippen molar-refractivity contribution in [1.82, 2.24) is 0 Å². The quantitative estimate of drug-likeness (QED) is 0.631. The standard InChI is InChI=1S/C11H12ClNOS/c12-8-4-6-9(7-5-8)15-11-3-1-2-10(11)13-14/h4-7,11,14H,1-3H2. The van der Waals surface area contributed by atoms with Crippen LogP contribution in [0.15, 0.2) is 34.3 Å². The lowest BCUT2D eigenvalue weighted by Crippen LogP contribution is -2.08. The summed E-state index contributed by atoms with van der Waals surface area (Å²) in [6.07, 6.45) is 3.12. The predicted octanol–water partition coefficient (Wildman–Crippen LogP) is 3.81. The topological polar surface area (TPSA) is 32.6 Å². The van der Waals surface area contributed by atoms with Gasteiger partial charge in [0.2, 0.25) is 0 Å². The Morgan fingerprint density at radius 1 is 1.33 bits per heavy atom. The van der Waals surface area contributed by atoms with Gasteiger partial charge in [0, 0.05) is 9.92 Å². The number of nitrogens with zero attached hydrogens (tertiary/aromatic N) is 1. The van der Waals surface area contributed by atoms with Crippen LogP contribution in [0.4, 0.5) is 0 Å². The lowest BCUT2D eigenvalue weighted by molar-refractivity contribution is 0.317.